The van der Waals surface area contributed by atoms with Crippen LogP contribution in [0.25, 0.3) is 10.2 Å². The van der Waals surface area contributed by atoms with Gasteiger partial charge in [-0.2, -0.15) is 0 Å². The van der Waals surface area contributed by atoms with Gasteiger partial charge in [-0.05, 0) is 54.7 Å². The molecule has 4 nitrogen and oxygen atoms in total. The summed E-state index contributed by atoms with van der Waals surface area (Å²) in [6, 6.07) is 20.2. The molecular weight excluding hydrogens is 404 g/mol. The Bertz CT molecular complexity index is 1230. The van der Waals surface area contributed by atoms with Crippen LogP contribution >= 0.6 is 11.3 Å². The van der Waals surface area contributed by atoms with Gasteiger partial charge in [-0.1, -0.05) is 65.9 Å². The quantitative estimate of drug-likeness (QED) is 0.376. The number of anilines is 1. The fourth-order valence-corrected chi connectivity index (χ4v) is 4.66. The maximum atomic E-state index is 13.5. The third-order valence-corrected chi connectivity index (χ3v) is 6.77. The van der Waals surface area contributed by atoms with Gasteiger partial charge >= 0.3 is 0 Å². The highest BCUT2D eigenvalue weighted by atomic mass is 32.1. The molecule has 1 amide bonds. The van der Waals surface area contributed by atoms with Crippen molar-refractivity contribution < 1.29 is 9.53 Å². The van der Waals surface area contributed by atoms with E-state index in [9.17, 15) is 4.79 Å². The Balaban J connectivity index is 1.73. The van der Waals surface area contributed by atoms with Gasteiger partial charge in [0.25, 0.3) is 0 Å². The molecule has 1 heterocycles. The van der Waals surface area contributed by atoms with Crippen LogP contribution in [-0.2, 0) is 17.8 Å². The second-order valence-electron chi connectivity index (χ2n) is 7.82. The number of nitrogens with zero attached hydrogens (tertiary/aromatic N) is 2. The van der Waals surface area contributed by atoms with Crippen molar-refractivity contribution >= 4 is 32.6 Å². The first-order chi connectivity index (χ1) is 15.0. The van der Waals surface area contributed by atoms with E-state index in [-0.39, 0.29) is 5.91 Å². The van der Waals surface area contributed by atoms with Gasteiger partial charge in [0, 0.05) is 0 Å². The molecule has 0 N–H and O–H groups in total. The van der Waals surface area contributed by atoms with Crippen LogP contribution in [0.5, 0.6) is 5.75 Å². The molecule has 4 rings (SSSR count). The summed E-state index contributed by atoms with van der Waals surface area (Å²) in [6.45, 7) is 6.70. The highest BCUT2D eigenvalue weighted by Crippen LogP contribution is 2.37. The summed E-state index contributed by atoms with van der Waals surface area (Å²) >= 11 is 1.54. The number of ether oxygens (including phenoxy) is 1. The van der Waals surface area contributed by atoms with Crippen molar-refractivity contribution in [2.75, 3.05) is 12.0 Å². The van der Waals surface area contributed by atoms with E-state index in [2.05, 4.69) is 32.9 Å². The number of thiazole rings is 1. The zero-order chi connectivity index (χ0) is 22.0. The summed E-state index contributed by atoms with van der Waals surface area (Å²) in [6.07, 6.45) is 0.333. The summed E-state index contributed by atoms with van der Waals surface area (Å²) in [5.74, 6) is 0.757. The number of aryl methyl sites for hydroxylation is 3. The van der Waals surface area contributed by atoms with Crippen LogP contribution in [-0.4, -0.2) is 18.0 Å². The van der Waals surface area contributed by atoms with E-state index in [0.29, 0.717) is 18.1 Å². The number of hydrogen-bond acceptors (Lipinski definition) is 4. The molecule has 0 aliphatic carbocycles. The zero-order valence-corrected chi connectivity index (χ0v) is 19.1. The van der Waals surface area contributed by atoms with Gasteiger partial charge in [0.15, 0.2) is 5.13 Å². The predicted molar refractivity (Wildman–Crippen MR) is 128 cm³/mol. The van der Waals surface area contributed by atoms with Crippen LogP contribution in [0.2, 0.25) is 0 Å². The van der Waals surface area contributed by atoms with Gasteiger partial charge in [0.2, 0.25) is 5.91 Å². The topological polar surface area (TPSA) is 42.4 Å². The number of benzene rings is 3. The normalized spacial score (nSPS) is 11.0. The lowest BCUT2D eigenvalue weighted by molar-refractivity contribution is -0.118. The van der Waals surface area contributed by atoms with Crippen LogP contribution in [0.1, 0.15) is 27.8 Å². The Morgan fingerprint density at radius 1 is 0.935 bits per heavy atom. The number of amides is 1. The van der Waals surface area contributed by atoms with E-state index >= 15 is 0 Å². The molecule has 0 spiro atoms. The van der Waals surface area contributed by atoms with Crippen LogP contribution in [0, 0.1) is 20.8 Å². The Hall–Kier alpha value is -3.18. The molecule has 0 fully saturated rings. The van der Waals surface area contributed by atoms with Gasteiger partial charge in [0.1, 0.15) is 11.3 Å². The van der Waals surface area contributed by atoms with Gasteiger partial charge < -0.3 is 4.74 Å². The average Bonchev–Trinajstić information content (AvgIpc) is 3.21. The molecule has 31 heavy (non-hydrogen) atoms. The fraction of sp³-hybridized carbons (Fsp3) is 0.231. The zero-order valence-electron chi connectivity index (χ0n) is 18.3. The Morgan fingerprint density at radius 2 is 1.68 bits per heavy atom. The van der Waals surface area contributed by atoms with Gasteiger partial charge in [-0.3, -0.25) is 9.69 Å². The highest BCUT2D eigenvalue weighted by molar-refractivity contribution is 7.22. The Kier molecular flexibility index (Phi) is 6.05. The van der Waals surface area contributed by atoms with Gasteiger partial charge in [-0.25, -0.2) is 4.98 Å². The lowest BCUT2D eigenvalue weighted by Crippen LogP contribution is -2.31. The van der Waals surface area contributed by atoms with Crippen molar-refractivity contribution in [1.82, 2.24) is 4.98 Å². The molecule has 0 saturated carbocycles. The number of carbonyl (C=O) groups excluding carboxylic acids is 1. The molecule has 0 unspecified atom stereocenters. The molecular formula is C26H26N2O2S. The van der Waals surface area contributed by atoms with Crippen molar-refractivity contribution in [2.24, 2.45) is 0 Å². The Morgan fingerprint density at radius 3 is 2.39 bits per heavy atom. The average molecular weight is 431 g/mol. The first-order valence-electron chi connectivity index (χ1n) is 10.3. The minimum atomic E-state index is 0.0304. The summed E-state index contributed by atoms with van der Waals surface area (Å²) in [4.78, 5) is 20.1. The summed E-state index contributed by atoms with van der Waals surface area (Å²) < 4.78 is 6.56. The molecule has 0 bridgehead atoms. The third-order valence-electron chi connectivity index (χ3n) is 5.55. The number of aromatic nitrogens is 1. The second kappa shape index (κ2) is 8.90. The standard InChI is InChI=1S/C26H26N2O2S/c1-17-10-12-21(14-19(17)3)15-23(29)28(16-20-8-6-5-7-9-20)26-27-24-22(30-4)13-11-18(2)25(24)31-26/h5-14H,15-16H2,1-4H3. The maximum Gasteiger partial charge on any atom is 0.233 e. The molecule has 0 aliphatic heterocycles. The van der Waals surface area contributed by atoms with E-state index in [1.165, 1.54) is 22.5 Å². The molecule has 3 aromatic carbocycles. The fourth-order valence-electron chi connectivity index (χ4n) is 3.59. The van der Waals surface area contributed by atoms with E-state index < -0.39 is 0 Å². The molecule has 0 atom stereocenters. The van der Waals surface area contributed by atoms with Gasteiger partial charge in [0.05, 0.1) is 24.8 Å². The molecule has 4 aromatic rings. The number of carbonyl (C=O) groups is 1. The minimum absolute atomic E-state index is 0.0304. The number of rotatable bonds is 6. The third kappa shape index (κ3) is 4.47. The predicted octanol–water partition coefficient (Wildman–Crippen LogP) is 6.01. The second-order valence-corrected chi connectivity index (χ2v) is 8.80. The molecule has 158 valence electrons. The largest absolute Gasteiger partial charge is 0.494 e. The first-order valence-corrected chi connectivity index (χ1v) is 11.1. The minimum Gasteiger partial charge on any atom is -0.494 e. The highest BCUT2D eigenvalue weighted by Gasteiger charge is 2.22. The summed E-state index contributed by atoms with van der Waals surface area (Å²) in [5, 5.41) is 0.695. The van der Waals surface area contributed by atoms with Crippen molar-refractivity contribution in [3.8, 4) is 5.75 Å². The van der Waals surface area contributed by atoms with Crippen LogP contribution in [0.4, 0.5) is 5.13 Å². The molecule has 0 radical (unpaired) electrons. The van der Waals surface area contributed by atoms with E-state index in [0.717, 1.165) is 32.7 Å². The van der Waals surface area contributed by atoms with Crippen molar-refractivity contribution in [1.29, 1.82) is 0 Å². The number of methoxy groups -OCH3 is 1. The van der Waals surface area contributed by atoms with Crippen molar-refractivity contribution in [2.45, 2.75) is 33.7 Å². The number of fused-ring (bicyclic) bond motifs is 1. The van der Waals surface area contributed by atoms with Crippen LogP contribution < -0.4 is 9.64 Å². The molecule has 0 saturated heterocycles. The lowest BCUT2D eigenvalue weighted by Gasteiger charge is -2.20. The maximum absolute atomic E-state index is 13.5. The lowest BCUT2D eigenvalue weighted by atomic mass is 10.0. The summed E-state index contributed by atoms with van der Waals surface area (Å²) in [7, 11) is 1.65. The van der Waals surface area contributed by atoms with E-state index in [1.807, 2.05) is 48.5 Å². The van der Waals surface area contributed by atoms with E-state index in [4.69, 9.17) is 9.72 Å². The Labute approximate surface area is 187 Å². The van der Waals surface area contributed by atoms with E-state index in [1.54, 1.807) is 12.0 Å². The monoisotopic (exact) mass is 430 g/mol. The SMILES string of the molecule is COc1ccc(C)c2sc(N(Cc3ccccc3)C(=O)Cc3ccc(C)c(C)c3)nc12. The van der Waals surface area contributed by atoms with Crippen molar-refractivity contribution in [3.63, 3.8) is 0 Å². The smallest absolute Gasteiger partial charge is 0.233 e. The first kappa shape index (κ1) is 21.1. The summed E-state index contributed by atoms with van der Waals surface area (Å²) in [5.41, 5.74) is 6.44. The molecule has 5 heteroatoms. The van der Waals surface area contributed by atoms with Crippen LogP contribution in [0.3, 0.4) is 0 Å². The van der Waals surface area contributed by atoms with Crippen LogP contribution in [0.15, 0.2) is 60.7 Å². The molecule has 1 aromatic heterocycles. The van der Waals surface area contributed by atoms with Gasteiger partial charge in [-0.15, -0.1) is 0 Å². The number of hydrogen-bond donors (Lipinski definition) is 0. The van der Waals surface area contributed by atoms with Crippen molar-refractivity contribution in [3.05, 3.63) is 88.5 Å². The molecule has 0 aliphatic rings.